The smallest absolute Gasteiger partial charge is 0.276 e. The molecule has 2 aromatic rings. The van der Waals surface area contributed by atoms with Crippen LogP contribution >= 0.6 is 0 Å². The lowest BCUT2D eigenvalue weighted by Gasteiger charge is -2.13. The summed E-state index contributed by atoms with van der Waals surface area (Å²) in [5, 5.41) is 23.2. The van der Waals surface area contributed by atoms with Gasteiger partial charge in [-0.3, -0.25) is 14.9 Å². The Morgan fingerprint density at radius 1 is 1.14 bits per heavy atom. The second kappa shape index (κ2) is 9.83. The third-order valence-corrected chi connectivity index (χ3v) is 4.27. The topological polar surface area (TPSA) is 96.0 Å². The average molecular weight is 375 g/mol. The summed E-state index contributed by atoms with van der Waals surface area (Å²) in [6.45, 7) is 4.00. The molecule has 0 aliphatic carbocycles. The van der Waals surface area contributed by atoms with Crippen LogP contribution in [0.5, 0.6) is 0 Å². The van der Waals surface area contributed by atoms with Crippen molar-refractivity contribution in [3.05, 3.63) is 87.0 Å². The van der Waals surface area contributed by atoms with E-state index in [0.29, 0.717) is 5.56 Å². The first-order valence-corrected chi connectivity index (χ1v) is 8.95. The van der Waals surface area contributed by atoms with Crippen LogP contribution in [0.4, 0.5) is 11.4 Å². The van der Waals surface area contributed by atoms with E-state index in [1.807, 2.05) is 38.1 Å². The molecule has 0 heterocycles. The highest BCUT2D eigenvalue weighted by molar-refractivity contribution is 6.07. The van der Waals surface area contributed by atoms with Gasteiger partial charge in [-0.2, -0.15) is 5.26 Å². The molecule has 2 rings (SSSR count). The summed E-state index contributed by atoms with van der Waals surface area (Å²) in [4.78, 5) is 23.1. The minimum absolute atomic E-state index is 0.0421. The molecule has 0 atom stereocenters. The van der Waals surface area contributed by atoms with Gasteiger partial charge in [0.05, 0.1) is 10.5 Å². The van der Waals surface area contributed by atoms with Gasteiger partial charge in [0.2, 0.25) is 0 Å². The summed E-state index contributed by atoms with van der Waals surface area (Å²) < 4.78 is 0. The standard InChI is InChI=1S/C22H21N3O3/c1-3-16-10-7-11-17(4-2)21(16)24-22(26)19(15-23)13-8-12-18-9-5-6-14-20(18)25(27)28/h5-14H,3-4H2,1-2H3,(H,24,26)/b12-8+,19-13-. The van der Waals surface area contributed by atoms with Gasteiger partial charge in [0.25, 0.3) is 11.6 Å². The molecular formula is C22H21N3O3. The number of carbonyl (C=O) groups excluding carboxylic acids is 1. The Morgan fingerprint density at radius 3 is 2.36 bits per heavy atom. The molecule has 0 aliphatic rings. The molecule has 0 aromatic heterocycles. The number of allylic oxidation sites excluding steroid dienone is 2. The van der Waals surface area contributed by atoms with Gasteiger partial charge in [-0.1, -0.05) is 50.3 Å². The molecule has 0 fully saturated rings. The zero-order valence-electron chi connectivity index (χ0n) is 15.8. The molecule has 0 unspecified atom stereocenters. The summed E-state index contributed by atoms with van der Waals surface area (Å²) >= 11 is 0. The number of nitrogens with one attached hydrogen (secondary N) is 1. The Hall–Kier alpha value is -3.72. The van der Waals surface area contributed by atoms with E-state index in [0.717, 1.165) is 29.7 Å². The number of amides is 1. The highest BCUT2D eigenvalue weighted by Gasteiger charge is 2.13. The first kappa shape index (κ1) is 20.6. The molecule has 0 aliphatic heterocycles. The minimum Gasteiger partial charge on any atom is -0.321 e. The first-order valence-electron chi connectivity index (χ1n) is 8.95. The molecule has 28 heavy (non-hydrogen) atoms. The number of hydrogen-bond acceptors (Lipinski definition) is 4. The van der Waals surface area contributed by atoms with Gasteiger partial charge in [0.1, 0.15) is 11.6 Å². The van der Waals surface area contributed by atoms with Gasteiger partial charge in [0, 0.05) is 11.8 Å². The molecule has 0 spiro atoms. The monoisotopic (exact) mass is 375 g/mol. The highest BCUT2D eigenvalue weighted by Crippen LogP contribution is 2.23. The van der Waals surface area contributed by atoms with Crippen molar-refractivity contribution in [2.24, 2.45) is 0 Å². The van der Waals surface area contributed by atoms with Crippen LogP contribution < -0.4 is 5.32 Å². The SMILES string of the molecule is CCc1cccc(CC)c1NC(=O)/C(C#N)=C\C=C\c1ccccc1[N+](=O)[O-]. The maximum Gasteiger partial charge on any atom is 0.276 e. The zero-order valence-corrected chi connectivity index (χ0v) is 15.8. The fraction of sp³-hybridized carbons (Fsp3) is 0.182. The van der Waals surface area contributed by atoms with Gasteiger partial charge < -0.3 is 5.32 Å². The van der Waals surface area contributed by atoms with Crippen LogP contribution in [0, 0.1) is 21.4 Å². The van der Waals surface area contributed by atoms with Gasteiger partial charge in [-0.25, -0.2) is 0 Å². The maximum absolute atomic E-state index is 12.6. The Balaban J connectivity index is 2.26. The number of nitro groups is 1. The summed E-state index contributed by atoms with van der Waals surface area (Å²) in [6.07, 6.45) is 5.83. The largest absolute Gasteiger partial charge is 0.321 e. The van der Waals surface area contributed by atoms with Crippen LogP contribution in [0.3, 0.4) is 0 Å². The van der Waals surface area contributed by atoms with Crippen LogP contribution in [-0.4, -0.2) is 10.8 Å². The Bertz CT molecular complexity index is 963. The van der Waals surface area contributed by atoms with Gasteiger partial charge in [0.15, 0.2) is 0 Å². The molecule has 6 nitrogen and oxygen atoms in total. The molecule has 1 N–H and O–H groups in total. The van der Waals surface area contributed by atoms with Gasteiger partial charge in [-0.15, -0.1) is 0 Å². The van der Waals surface area contributed by atoms with Crippen LogP contribution in [0.2, 0.25) is 0 Å². The Labute approximate surface area is 164 Å². The molecule has 0 saturated carbocycles. The van der Waals surface area contributed by atoms with Crippen molar-refractivity contribution in [1.82, 2.24) is 0 Å². The van der Waals surface area contributed by atoms with Crippen molar-refractivity contribution in [2.45, 2.75) is 26.7 Å². The predicted octanol–water partition coefficient (Wildman–Crippen LogP) is 4.82. The fourth-order valence-corrected chi connectivity index (χ4v) is 2.79. The van der Waals surface area contributed by atoms with Crippen molar-refractivity contribution in [3.8, 4) is 6.07 Å². The predicted molar refractivity (Wildman–Crippen MR) is 110 cm³/mol. The molecule has 6 heteroatoms. The number of anilines is 1. The van der Waals surface area contributed by atoms with E-state index < -0.39 is 10.8 Å². The lowest BCUT2D eigenvalue weighted by Crippen LogP contribution is -2.16. The number of carbonyl (C=O) groups is 1. The van der Waals surface area contributed by atoms with E-state index in [1.54, 1.807) is 18.2 Å². The van der Waals surface area contributed by atoms with Crippen molar-refractivity contribution in [2.75, 3.05) is 5.32 Å². The normalized spacial score (nSPS) is 11.2. The second-order valence-corrected chi connectivity index (χ2v) is 5.98. The Morgan fingerprint density at radius 2 is 1.79 bits per heavy atom. The highest BCUT2D eigenvalue weighted by atomic mass is 16.6. The molecule has 0 saturated heterocycles. The lowest BCUT2D eigenvalue weighted by molar-refractivity contribution is -0.385. The fourth-order valence-electron chi connectivity index (χ4n) is 2.79. The quantitative estimate of drug-likeness (QED) is 0.247. The molecule has 1 amide bonds. The molecule has 0 bridgehead atoms. The van der Waals surface area contributed by atoms with Crippen LogP contribution in [0.1, 0.15) is 30.5 Å². The third-order valence-electron chi connectivity index (χ3n) is 4.27. The van der Waals surface area contributed by atoms with Crippen LogP contribution in [0.25, 0.3) is 6.08 Å². The number of hydrogen-bond donors (Lipinski definition) is 1. The van der Waals surface area contributed by atoms with Crippen molar-refractivity contribution in [3.63, 3.8) is 0 Å². The van der Waals surface area contributed by atoms with E-state index in [-0.39, 0.29) is 11.3 Å². The summed E-state index contributed by atoms with van der Waals surface area (Å²) in [5.41, 5.74) is 3.01. The van der Waals surface area contributed by atoms with Crippen LogP contribution in [-0.2, 0) is 17.6 Å². The summed E-state index contributed by atoms with van der Waals surface area (Å²) in [5.74, 6) is -0.509. The number of benzene rings is 2. The first-order chi connectivity index (χ1) is 13.5. The Kier molecular flexibility index (Phi) is 7.23. The molecular weight excluding hydrogens is 354 g/mol. The number of nitro benzene ring substituents is 1. The molecule has 142 valence electrons. The van der Waals surface area contributed by atoms with E-state index in [1.165, 1.54) is 24.3 Å². The lowest BCUT2D eigenvalue weighted by atomic mass is 10.0. The van der Waals surface area contributed by atoms with Crippen molar-refractivity contribution >= 4 is 23.4 Å². The summed E-state index contributed by atoms with van der Waals surface area (Å²) in [7, 11) is 0. The zero-order chi connectivity index (χ0) is 20.5. The van der Waals surface area contributed by atoms with E-state index in [9.17, 15) is 20.2 Å². The van der Waals surface area contributed by atoms with Crippen LogP contribution in [0.15, 0.2) is 60.2 Å². The third kappa shape index (κ3) is 4.92. The maximum atomic E-state index is 12.6. The van der Waals surface area contributed by atoms with E-state index in [4.69, 9.17) is 0 Å². The van der Waals surface area contributed by atoms with Gasteiger partial charge >= 0.3 is 0 Å². The number of nitriles is 1. The molecule has 0 radical (unpaired) electrons. The van der Waals surface area contributed by atoms with E-state index in [2.05, 4.69) is 5.32 Å². The summed E-state index contributed by atoms with van der Waals surface area (Å²) in [6, 6.07) is 14.0. The van der Waals surface area contributed by atoms with Crippen molar-refractivity contribution in [1.29, 1.82) is 5.26 Å². The number of nitrogens with zero attached hydrogens (tertiary/aromatic N) is 2. The second-order valence-electron chi connectivity index (χ2n) is 5.98. The number of rotatable bonds is 7. The van der Waals surface area contributed by atoms with Gasteiger partial charge in [-0.05, 0) is 42.2 Å². The van der Waals surface area contributed by atoms with Crippen molar-refractivity contribution < 1.29 is 9.72 Å². The number of aryl methyl sites for hydroxylation is 2. The average Bonchev–Trinajstić information content (AvgIpc) is 2.71. The molecule has 2 aromatic carbocycles. The van der Waals surface area contributed by atoms with E-state index >= 15 is 0 Å². The number of para-hydroxylation sites is 2. The minimum atomic E-state index is -0.509.